The summed E-state index contributed by atoms with van der Waals surface area (Å²) >= 11 is 26.0. The molecule has 0 spiro atoms. The van der Waals surface area contributed by atoms with Crippen molar-refractivity contribution < 1.29 is 9.63 Å². The molecule has 0 aromatic heterocycles. The molecular weight excluding hydrogens is 591 g/mol. The van der Waals surface area contributed by atoms with E-state index in [1.165, 1.54) is 6.21 Å². The molecule has 0 fully saturated rings. The van der Waals surface area contributed by atoms with E-state index in [1.807, 2.05) is 29.2 Å². The molecule has 0 atom stereocenters. The summed E-state index contributed by atoms with van der Waals surface area (Å²) in [5.41, 5.74) is -0.894. The second kappa shape index (κ2) is 10.7. The Morgan fingerprint density at radius 2 is 1.57 bits per heavy atom. The quantitative estimate of drug-likeness (QED) is 0.0953. The van der Waals surface area contributed by atoms with Crippen LogP contribution in [0.25, 0.3) is 10.8 Å². The average Bonchev–Trinajstić information content (AvgIpc) is 2.95. The van der Waals surface area contributed by atoms with Gasteiger partial charge in [-0.15, -0.1) is 0 Å². The second-order valence-electron chi connectivity index (χ2n) is 5.84. The lowest BCUT2D eigenvalue weighted by Gasteiger charge is -2.11. The first-order valence-corrected chi connectivity index (χ1v) is 10.7. The molecule has 0 amide bonds. The highest BCUT2D eigenvalue weighted by atomic mass is 127. The van der Waals surface area contributed by atoms with Gasteiger partial charge in [0.25, 0.3) is 0 Å². The van der Waals surface area contributed by atoms with Gasteiger partial charge in [-0.1, -0.05) is 74.2 Å². The number of benzene rings is 1. The Balaban J connectivity index is 2.30. The number of carbonyl (C=O) groups excluding carboxylic acids is 1. The number of allylic oxidation sites excluding steroid dienone is 2. The van der Waals surface area contributed by atoms with E-state index in [9.17, 15) is 14.4 Å². The van der Waals surface area contributed by atoms with E-state index in [0.29, 0.717) is 0 Å². The predicted octanol–water partition coefficient (Wildman–Crippen LogP) is 3.87. The third-order valence-corrected chi connectivity index (χ3v) is 5.87. The molecule has 0 heterocycles. The van der Waals surface area contributed by atoms with E-state index in [-0.39, 0.29) is 37.4 Å². The third kappa shape index (κ3) is 5.23. The number of nitrogens with zero attached hydrogens (tertiary/aromatic N) is 3. The molecule has 0 aliphatic carbocycles. The van der Waals surface area contributed by atoms with E-state index in [0.717, 1.165) is 5.70 Å². The average molecular weight is 603 g/mol. The van der Waals surface area contributed by atoms with Gasteiger partial charge in [0.1, 0.15) is 6.54 Å². The van der Waals surface area contributed by atoms with Gasteiger partial charge in [-0.3, -0.25) is 14.6 Å². The molecule has 12 heteroatoms. The summed E-state index contributed by atoms with van der Waals surface area (Å²) in [5, 5.41) is 1.43. The second-order valence-corrected chi connectivity index (χ2v) is 8.07. The largest absolute Gasteiger partial charge is 0.378 e. The van der Waals surface area contributed by atoms with Crippen LogP contribution in [0.2, 0.25) is 20.1 Å². The van der Waals surface area contributed by atoms with Gasteiger partial charge in [0.15, 0.2) is 5.36 Å². The summed E-state index contributed by atoms with van der Waals surface area (Å²) in [7, 11) is 3.71. The monoisotopic (exact) mass is 601 g/mol. The number of hydrogen-bond donors (Lipinski definition) is 0. The Hall–Kier alpha value is -1.46. The normalized spacial score (nSPS) is 12.3. The molecule has 0 aliphatic rings. The summed E-state index contributed by atoms with van der Waals surface area (Å²) in [4.78, 5) is 47.2. The predicted molar refractivity (Wildman–Crippen MR) is 129 cm³/mol. The number of aliphatic imine (C=N–C) groups is 1. The van der Waals surface area contributed by atoms with Crippen LogP contribution in [0.4, 0.5) is 0 Å². The van der Waals surface area contributed by atoms with Crippen molar-refractivity contribution in [2.75, 3.05) is 20.6 Å². The van der Waals surface area contributed by atoms with Crippen LogP contribution in [0, 0.1) is 0 Å². The van der Waals surface area contributed by atoms with Crippen molar-refractivity contribution >= 4 is 92.0 Å². The van der Waals surface area contributed by atoms with Crippen LogP contribution in [-0.4, -0.2) is 37.7 Å². The SMILES string of the molecule is CN(C)C(/C=C\I)=C/C=NCC(=O)ON=c1c(=O)c2c(Cl)c(Cl)c(Cl)c(Cl)c2c1=O. The smallest absolute Gasteiger partial charge is 0.356 e. The standard InChI is InChI=1S/C18H12Cl4IN3O4/c1-26(2)8(3-5-23)4-6-24-7-9(27)30-25-16-17(28)10-11(18(16)29)13(20)15(22)14(21)12(10)19/h3-6H,7H2,1-2H3/b5-3-,8-4+,24-6?. The Morgan fingerprint density at radius 3 is 2.03 bits per heavy atom. The number of rotatable bonds is 6. The molecule has 0 aliphatic heterocycles. The minimum absolute atomic E-state index is 0.168. The van der Waals surface area contributed by atoms with E-state index < -0.39 is 22.2 Å². The fourth-order valence-electron chi connectivity index (χ4n) is 2.28. The van der Waals surface area contributed by atoms with E-state index in [4.69, 9.17) is 46.4 Å². The van der Waals surface area contributed by atoms with Crippen LogP contribution in [0.1, 0.15) is 0 Å². The lowest BCUT2D eigenvalue weighted by atomic mass is 10.2. The Bertz CT molecular complexity index is 1180. The Labute approximate surface area is 204 Å². The molecule has 2 rings (SSSR count). The van der Waals surface area contributed by atoms with Gasteiger partial charge in [0.05, 0.1) is 30.9 Å². The molecule has 7 nitrogen and oxygen atoms in total. The fourth-order valence-corrected chi connectivity index (χ4v) is 3.67. The minimum atomic E-state index is -0.882. The summed E-state index contributed by atoms with van der Waals surface area (Å²) < 4.78 is 1.83. The highest BCUT2D eigenvalue weighted by Gasteiger charge is 2.23. The minimum Gasteiger partial charge on any atom is -0.378 e. The highest BCUT2D eigenvalue weighted by Crippen LogP contribution is 2.40. The lowest BCUT2D eigenvalue weighted by molar-refractivity contribution is -0.142. The number of hydrogen-bond acceptors (Lipinski definition) is 7. The van der Waals surface area contributed by atoms with E-state index >= 15 is 0 Å². The lowest BCUT2D eigenvalue weighted by Crippen LogP contribution is -2.32. The zero-order valence-electron chi connectivity index (χ0n) is 15.4. The zero-order valence-corrected chi connectivity index (χ0v) is 20.6. The molecule has 0 N–H and O–H groups in total. The van der Waals surface area contributed by atoms with Crippen molar-refractivity contribution in [1.29, 1.82) is 0 Å². The van der Waals surface area contributed by atoms with Gasteiger partial charge in [-0.25, -0.2) is 4.79 Å². The maximum absolute atomic E-state index is 12.5. The van der Waals surface area contributed by atoms with Gasteiger partial charge in [0.2, 0.25) is 10.9 Å². The van der Waals surface area contributed by atoms with Crippen molar-refractivity contribution in [1.82, 2.24) is 4.90 Å². The molecular formula is C18H12Cl4IN3O4. The van der Waals surface area contributed by atoms with Gasteiger partial charge in [-0.05, 0) is 16.2 Å². The van der Waals surface area contributed by atoms with Crippen molar-refractivity contribution in [2.24, 2.45) is 10.1 Å². The van der Waals surface area contributed by atoms with Gasteiger partial charge in [-0.2, -0.15) is 0 Å². The molecule has 0 saturated heterocycles. The molecule has 30 heavy (non-hydrogen) atoms. The summed E-state index contributed by atoms with van der Waals surface area (Å²) in [6.45, 7) is -0.379. The van der Waals surface area contributed by atoms with Crippen molar-refractivity contribution in [3.63, 3.8) is 0 Å². The van der Waals surface area contributed by atoms with Crippen LogP contribution < -0.4 is 16.2 Å². The van der Waals surface area contributed by atoms with Crippen LogP contribution in [0.15, 0.2) is 41.7 Å². The maximum atomic E-state index is 12.5. The van der Waals surface area contributed by atoms with Crippen LogP contribution in [0.5, 0.6) is 0 Å². The first kappa shape index (κ1) is 24.8. The molecule has 0 bridgehead atoms. The summed E-state index contributed by atoms with van der Waals surface area (Å²) in [6, 6.07) is 0. The Morgan fingerprint density at radius 1 is 1.03 bits per heavy atom. The number of halogens is 5. The molecule has 0 radical (unpaired) electrons. The van der Waals surface area contributed by atoms with E-state index in [1.54, 1.807) is 6.08 Å². The Kier molecular flexibility index (Phi) is 8.86. The number of fused-ring (bicyclic) bond motifs is 1. The van der Waals surface area contributed by atoms with Crippen molar-refractivity contribution in [2.45, 2.75) is 0 Å². The molecule has 0 saturated carbocycles. The van der Waals surface area contributed by atoms with Crippen LogP contribution >= 0.6 is 69.0 Å². The zero-order chi connectivity index (χ0) is 22.6. The third-order valence-electron chi connectivity index (χ3n) is 3.71. The first-order chi connectivity index (χ1) is 14.1. The van der Waals surface area contributed by atoms with Crippen LogP contribution in [-0.2, 0) is 9.63 Å². The van der Waals surface area contributed by atoms with Gasteiger partial charge in [0, 0.05) is 26.0 Å². The number of carbonyl (C=O) groups is 1. The maximum Gasteiger partial charge on any atom is 0.356 e. The van der Waals surface area contributed by atoms with Crippen molar-refractivity contribution in [3.8, 4) is 0 Å². The molecule has 2 aromatic rings. The molecule has 0 unspecified atom stereocenters. The fraction of sp³-hybridized carbons (Fsp3) is 0.167. The number of likely N-dealkylation sites (N-methyl/N-ethyl adjacent to an activating group) is 1. The summed E-state index contributed by atoms with van der Waals surface area (Å²) in [6.07, 6.45) is 4.96. The van der Waals surface area contributed by atoms with Crippen molar-refractivity contribution in [3.05, 3.63) is 67.8 Å². The van der Waals surface area contributed by atoms with E-state index in [2.05, 4.69) is 37.6 Å². The van der Waals surface area contributed by atoms with Gasteiger partial charge >= 0.3 is 5.97 Å². The van der Waals surface area contributed by atoms with Gasteiger partial charge < -0.3 is 9.74 Å². The first-order valence-electron chi connectivity index (χ1n) is 7.99. The summed E-state index contributed by atoms with van der Waals surface area (Å²) in [5.74, 6) is -0.882. The topological polar surface area (TPSA) is 88.4 Å². The molecule has 158 valence electrons. The highest BCUT2D eigenvalue weighted by molar-refractivity contribution is 14.1. The van der Waals surface area contributed by atoms with Crippen LogP contribution in [0.3, 0.4) is 0 Å². The molecule has 2 aromatic carbocycles.